The standard InChI is InChI=1S/C12H21N3/c1-11(6-7-13)15-9-3-5-12-4-2-8-14-10-12/h2,4,8,10-11,15H,3,5-7,9,13H2,1H3. The molecule has 15 heavy (non-hydrogen) atoms. The average Bonchev–Trinajstić information content (AvgIpc) is 2.26. The van der Waals surface area contributed by atoms with Crippen molar-refractivity contribution in [1.29, 1.82) is 0 Å². The monoisotopic (exact) mass is 207 g/mol. The third kappa shape index (κ3) is 5.50. The van der Waals surface area contributed by atoms with Gasteiger partial charge in [-0.2, -0.15) is 0 Å². The molecule has 1 aromatic heterocycles. The van der Waals surface area contributed by atoms with Gasteiger partial charge in [0.2, 0.25) is 0 Å². The fourth-order valence-electron chi connectivity index (χ4n) is 1.54. The van der Waals surface area contributed by atoms with Gasteiger partial charge in [-0.3, -0.25) is 4.98 Å². The second-order valence-electron chi connectivity index (χ2n) is 3.90. The molecule has 0 radical (unpaired) electrons. The van der Waals surface area contributed by atoms with Gasteiger partial charge in [-0.1, -0.05) is 6.07 Å². The third-order valence-corrected chi connectivity index (χ3v) is 2.46. The minimum absolute atomic E-state index is 0.531. The highest BCUT2D eigenvalue weighted by atomic mass is 14.9. The summed E-state index contributed by atoms with van der Waals surface area (Å²) in [6.07, 6.45) is 7.04. The van der Waals surface area contributed by atoms with E-state index in [4.69, 9.17) is 5.73 Å². The molecule has 84 valence electrons. The van der Waals surface area contributed by atoms with Crippen molar-refractivity contribution < 1.29 is 0 Å². The molecule has 0 aliphatic rings. The van der Waals surface area contributed by atoms with Crippen molar-refractivity contribution in [3.63, 3.8) is 0 Å². The van der Waals surface area contributed by atoms with Gasteiger partial charge in [0.25, 0.3) is 0 Å². The van der Waals surface area contributed by atoms with Gasteiger partial charge in [0.15, 0.2) is 0 Å². The maximum Gasteiger partial charge on any atom is 0.0299 e. The number of nitrogens with two attached hydrogens (primary N) is 1. The van der Waals surface area contributed by atoms with Crippen LogP contribution in [0.2, 0.25) is 0 Å². The van der Waals surface area contributed by atoms with Crippen LogP contribution >= 0.6 is 0 Å². The summed E-state index contributed by atoms with van der Waals surface area (Å²) in [7, 11) is 0. The fraction of sp³-hybridized carbons (Fsp3) is 0.583. The maximum absolute atomic E-state index is 5.48. The van der Waals surface area contributed by atoms with Gasteiger partial charge in [0, 0.05) is 18.4 Å². The van der Waals surface area contributed by atoms with Crippen LogP contribution in [0.5, 0.6) is 0 Å². The fourth-order valence-corrected chi connectivity index (χ4v) is 1.54. The van der Waals surface area contributed by atoms with E-state index in [0.717, 1.165) is 32.4 Å². The van der Waals surface area contributed by atoms with Crippen molar-refractivity contribution in [2.75, 3.05) is 13.1 Å². The molecule has 1 heterocycles. The number of hydrogen-bond donors (Lipinski definition) is 2. The zero-order valence-electron chi connectivity index (χ0n) is 9.45. The van der Waals surface area contributed by atoms with E-state index in [2.05, 4.69) is 23.3 Å². The highest BCUT2D eigenvalue weighted by molar-refractivity contribution is 5.08. The minimum Gasteiger partial charge on any atom is -0.330 e. The van der Waals surface area contributed by atoms with Gasteiger partial charge in [-0.25, -0.2) is 0 Å². The Hall–Kier alpha value is -0.930. The lowest BCUT2D eigenvalue weighted by atomic mass is 10.1. The van der Waals surface area contributed by atoms with Crippen LogP contribution < -0.4 is 11.1 Å². The molecule has 3 heteroatoms. The molecule has 1 aromatic rings. The van der Waals surface area contributed by atoms with E-state index in [1.165, 1.54) is 5.56 Å². The molecular weight excluding hydrogens is 186 g/mol. The Balaban J connectivity index is 2.07. The molecule has 0 bridgehead atoms. The van der Waals surface area contributed by atoms with Crippen molar-refractivity contribution in [3.8, 4) is 0 Å². The third-order valence-electron chi connectivity index (χ3n) is 2.46. The number of pyridine rings is 1. The van der Waals surface area contributed by atoms with E-state index in [1.54, 1.807) is 0 Å². The lowest BCUT2D eigenvalue weighted by Gasteiger charge is -2.11. The molecule has 0 amide bonds. The van der Waals surface area contributed by atoms with E-state index in [1.807, 2.05) is 18.5 Å². The van der Waals surface area contributed by atoms with Crippen molar-refractivity contribution in [2.45, 2.75) is 32.2 Å². The first-order valence-electron chi connectivity index (χ1n) is 5.65. The Morgan fingerprint density at radius 3 is 3.07 bits per heavy atom. The Bertz CT molecular complexity index is 248. The Morgan fingerprint density at radius 1 is 1.53 bits per heavy atom. The van der Waals surface area contributed by atoms with Gasteiger partial charge in [-0.15, -0.1) is 0 Å². The van der Waals surface area contributed by atoms with E-state index in [-0.39, 0.29) is 0 Å². The largest absolute Gasteiger partial charge is 0.330 e. The molecule has 1 atom stereocenters. The smallest absolute Gasteiger partial charge is 0.0299 e. The first kappa shape index (κ1) is 12.1. The topological polar surface area (TPSA) is 50.9 Å². The summed E-state index contributed by atoms with van der Waals surface area (Å²) in [5.74, 6) is 0. The van der Waals surface area contributed by atoms with E-state index in [9.17, 15) is 0 Å². The zero-order chi connectivity index (χ0) is 10.9. The lowest BCUT2D eigenvalue weighted by Crippen LogP contribution is -2.29. The lowest BCUT2D eigenvalue weighted by molar-refractivity contribution is 0.511. The number of aromatic nitrogens is 1. The molecule has 1 rings (SSSR count). The van der Waals surface area contributed by atoms with Crippen molar-refractivity contribution in [1.82, 2.24) is 10.3 Å². The summed E-state index contributed by atoms with van der Waals surface area (Å²) < 4.78 is 0. The highest BCUT2D eigenvalue weighted by Gasteiger charge is 1.98. The maximum atomic E-state index is 5.48. The first-order chi connectivity index (χ1) is 7.33. The zero-order valence-corrected chi connectivity index (χ0v) is 9.45. The Labute approximate surface area is 92.1 Å². The summed E-state index contributed by atoms with van der Waals surface area (Å²) in [6.45, 7) is 3.99. The molecule has 0 saturated carbocycles. The van der Waals surface area contributed by atoms with Crippen molar-refractivity contribution in [2.24, 2.45) is 5.73 Å². The minimum atomic E-state index is 0.531. The summed E-state index contributed by atoms with van der Waals surface area (Å²) in [5.41, 5.74) is 6.79. The predicted octanol–water partition coefficient (Wildman–Crippen LogP) is 1.34. The van der Waals surface area contributed by atoms with E-state index < -0.39 is 0 Å². The Morgan fingerprint density at radius 2 is 2.40 bits per heavy atom. The average molecular weight is 207 g/mol. The van der Waals surface area contributed by atoms with Crippen LogP contribution in [-0.4, -0.2) is 24.1 Å². The molecule has 0 spiro atoms. The van der Waals surface area contributed by atoms with Crippen LogP contribution in [0.4, 0.5) is 0 Å². The van der Waals surface area contributed by atoms with Crippen LogP contribution in [0.25, 0.3) is 0 Å². The summed E-state index contributed by atoms with van der Waals surface area (Å²) in [4.78, 5) is 4.09. The van der Waals surface area contributed by atoms with Crippen LogP contribution in [0.3, 0.4) is 0 Å². The van der Waals surface area contributed by atoms with Crippen LogP contribution in [0.15, 0.2) is 24.5 Å². The second-order valence-corrected chi connectivity index (χ2v) is 3.90. The number of nitrogens with one attached hydrogen (secondary N) is 1. The summed E-state index contributed by atoms with van der Waals surface area (Å²) in [5, 5.41) is 3.45. The van der Waals surface area contributed by atoms with Crippen molar-refractivity contribution in [3.05, 3.63) is 30.1 Å². The second kappa shape index (κ2) is 7.37. The summed E-state index contributed by atoms with van der Waals surface area (Å²) in [6, 6.07) is 4.64. The van der Waals surface area contributed by atoms with Gasteiger partial charge < -0.3 is 11.1 Å². The Kier molecular flexibility index (Phi) is 5.97. The molecular formula is C12H21N3. The van der Waals surface area contributed by atoms with Crippen molar-refractivity contribution >= 4 is 0 Å². The van der Waals surface area contributed by atoms with Crippen LogP contribution in [0.1, 0.15) is 25.3 Å². The summed E-state index contributed by atoms with van der Waals surface area (Å²) >= 11 is 0. The molecule has 0 aromatic carbocycles. The molecule has 3 N–H and O–H groups in total. The van der Waals surface area contributed by atoms with E-state index >= 15 is 0 Å². The van der Waals surface area contributed by atoms with Gasteiger partial charge >= 0.3 is 0 Å². The van der Waals surface area contributed by atoms with Crippen LogP contribution in [-0.2, 0) is 6.42 Å². The number of rotatable bonds is 7. The van der Waals surface area contributed by atoms with E-state index in [0.29, 0.717) is 6.04 Å². The quantitative estimate of drug-likeness (QED) is 0.663. The molecule has 0 aliphatic carbocycles. The van der Waals surface area contributed by atoms with Gasteiger partial charge in [-0.05, 0) is 50.9 Å². The molecule has 3 nitrogen and oxygen atoms in total. The molecule has 0 saturated heterocycles. The number of hydrogen-bond acceptors (Lipinski definition) is 3. The predicted molar refractivity (Wildman–Crippen MR) is 63.7 cm³/mol. The highest BCUT2D eigenvalue weighted by Crippen LogP contribution is 1.99. The van der Waals surface area contributed by atoms with Gasteiger partial charge in [0.05, 0.1) is 0 Å². The molecule has 0 aliphatic heterocycles. The van der Waals surface area contributed by atoms with Crippen LogP contribution in [0, 0.1) is 0 Å². The normalized spacial score (nSPS) is 12.7. The SMILES string of the molecule is CC(CCN)NCCCc1cccnc1. The number of nitrogens with zero attached hydrogens (tertiary/aromatic N) is 1. The first-order valence-corrected chi connectivity index (χ1v) is 5.65. The molecule has 0 fully saturated rings. The number of aryl methyl sites for hydroxylation is 1. The molecule has 1 unspecified atom stereocenters. The van der Waals surface area contributed by atoms with Gasteiger partial charge in [0.1, 0.15) is 0 Å².